The first-order chi connectivity index (χ1) is 12.6. The fourth-order valence-electron chi connectivity index (χ4n) is 3.28. The first-order valence-corrected chi connectivity index (χ1v) is 10.4. The van der Waals surface area contributed by atoms with Crippen LogP contribution in [0.4, 0.5) is 0 Å². The third kappa shape index (κ3) is 3.98. The molecule has 8 heteroatoms. The third-order valence-electron chi connectivity index (χ3n) is 4.61. The molecule has 3 heterocycles. The van der Waals surface area contributed by atoms with E-state index in [1.54, 1.807) is 0 Å². The monoisotopic (exact) mass is 378 g/mol. The summed E-state index contributed by atoms with van der Waals surface area (Å²) in [6.45, 7) is 1.94. The molecule has 1 saturated heterocycles. The zero-order chi connectivity index (χ0) is 18.0. The van der Waals surface area contributed by atoms with Crippen LogP contribution < -0.4 is 0 Å². The summed E-state index contributed by atoms with van der Waals surface area (Å²) in [7, 11) is -3.43. The molecule has 1 fully saturated rings. The van der Waals surface area contributed by atoms with Gasteiger partial charge in [-0.25, -0.2) is 13.4 Å². The average Bonchev–Trinajstić information content (AvgIpc) is 3.04. The first kappa shape index (κ1) is 17.7. The molecule has 2 aliphatic heterocycles. The summed E-state index contributed by atoms with van der Waals surface area (Å²) in [5, 5.41) is 0. The van der Waals surface area contributed by atoms with Gasteiger partial charge in [-0.1, -0.05) is 30.3 Å². The number of nitrogens with zero attached hydrogens (tertiary/aromatic N) is 2. The number of aromatic nitrogens is 1. The van der Waals surface area contributed by atoms with E-state index in [1.165, 1.54) is 4.31 Å². The molecule has 4 rings (SSSR count). The van der Waals surface area contributed by atoms with E-state index in [2.05, 4.69) is 4.98 Å². The van der Waals surface area contributed by atoms with Gasteiger partial charge in [0, 0.05) is 19.4 Å². The molecule has 2 aromatic rings. The van der Waals surface area contributed by atoms with Crippen molar-refractivity contribution in [3.8, 4) is 0 Å². The second-order valence-electron chi connectivity index (χ2n) is 6.57. The van der Waals surface area contributed by atoms with Crippen molar-refractivity contribution >= 4 is 10.0 Å². The van der Waals surface area contributed by atoms with Crippen molar-refractivity contribution in [2.45, 2.75) is 25.5 Å². The molecule has 140 valence electrons. The van der Waals surface area contributed by atoms with Gasteiger partial charge in [-0.2, -0.15) is 4.31 Å². The van der Waals surface area contributed by atoms with Crippen molar-refractivity contribution in [1.29, 1.82) is 0 Å². The predicted octanol–water partition coefficient (Wildman–Crippen LogP) is 1.37. The number of hydrogen-bond donors (Lipinski definition) is 0. The summed E-state index contributed by atoms with van der Waals surface area (Å²) in [5.74, 6) is 1.36. The second kappa shape index (κ2) is 7.48. The summed E-state index contributed by atoms with van der Waals surface area (Å²) >= 11 is 0. The minimum absolute atomic E-state index is 0.0585. The number of benzene rings is 1. The second-order valence-corrected chi connectivity index (χ2v) is 8.58. The Morgan fingerprint density at radius 2 is 2.04 bits per heavy atom. The largest absolute Gasteiger partial charge is 0.445 e. The van der Waals surface area contributed by atoms with Crippen LogP contribution in [0.3, 0.4) is 0 Å². The number of rotatable bonds is 5. The number of ether oxygens (including phenoxy) is 2. The standard InChI is InChI=1S/C18H22N2O5S/c21-26(22,13-15-12-23-8-9-24-15)20-7-6-17-16(11-20)19-18(25-17)10-14-4-2-1-3-5-14/h1-5,15H,6-13H2. The van der Waals surface area contributed by atoms with Crippen molar-refractivity contribution in [2.24, 2.45) is 0 Å². The molecule has 0 N–H and O–H groups in total. The van der Waals surface area contributed by atoms with E-state index in [0.29, 0.717) is 50.8 Å². The van der Waals surface area contributed by atoms with E-state index in [1.807, 2.05) is 30.3 Å². The van der Waals surface area contributed by atoms with Gasteiger partial charge in [-0.05, 0) is 5.56 Å². The highest BCUT2D eigenvalue weighted by atomic mass is 32.2. The van der Waals surface area contributed by atoms with Crippen molar-refractivity contribution in [1.82, 2.24) is 9.29 Å². The average molecular weight is 378 g/mol. The number of fused-ring (bicyclic) bond motifs is 1. The first-order valence-electron chi connectivity index (χ1n) is 8.79. The Hall–Kier alpha value is -1.74. The summed E-state index contributed by atoms with van der Waals surface area (Å²) in [5.41, 5.74) is 1.83. The maximum Gasteiger partial charge on any atom is 0.217 e. The van der Waals surface area contributed by atoms with Gasteiger partial charge >= 0.3 is 0 Å². The molecule has 0 bridgehead atoms. The maximum atomic E-state index is 12.7. The Morgan fingerprint density at radius 3 is 2.81 bits per heavy atom. The lowest BCUT2D eigenvalue weighted by Gasteiger charge is -2.28. The molecule has 0 amide bonds. The van der Waals surface area contributed by atoms with Gasteiger partial charge in [0.2, 0.25) is 10.0 Å². The van der Waals surface area contributed by atoms with Crippen LogP contribution in [0.5, 0.6) is 0 Å². The van der Waals surface area contributed by atoms with Crippen LogP contribution >= 0.6 is 0 Å². The van der Waals surface area contributed by atoms with E-state index in [0.717, 1.165) is 11.3 Å². The van der Waals surface area contributed by atoms with Crippen LogP contribution in [0.15, 0.2) is 34.7 Å². The molecule has 1 aromatic carbocycles. The van der Waals surface area contributed by atoms with Gasteiger partial charge in [0.25, 0.3) is 0 Å². The summed E-state index contributed by atoms with van der Waals surface area (Å²) in [6, 6.07) is 9.96. The third-order valence-corrected chi connectivity index (χ3v) is 6.50. The van der Waals surface area contributed by atoms with Gasteiger partial charge in [-0.3, -0.25) is 0 Å². The molecular formula is C18H22N2O5S. The minimum atomic E-state index is -3.43. The molecule has 0 radical (unpaired) electrons. The SMILES string of the molecule is O=S(=O)(CC1COCCO1)N1CCc2oc(Cc3ccccc3)nc2C1. The lowest BCUT2D eigenvalue weighted by molar-refractivity contribution is -0.0785. The van der Waals surface area contributed by atoms with Gasteiger partial charge in [-0.15, -0.1) is 0 Å². The van der Waals surface area contributed by atoms with Crippen molar-refractivity contribution in [3.63, 3.8) is 0 Å². The van der Waals surface area contributed by atoms with Crippen LogP contribution in [0.2, 0.25) is 0 Å². The molecule has 1 unspecified atom stereocenters. The van der Waals surface area contributed by atoms with Gasteiger partial charge < -0.3 is 13.9 Å². The highest BCUT2D eigenvalue weighted by Crippen LogP contribution is 2.24. The van der Waals surface area contributed by atoms with E-state index < -0.39 is 16.1 Å². The lowest BCUT2D eigenvalue weighted by Crippen LogP contribution is -2.43. The smallest absolute Gasteiger partial charge is 0.217 e. The van der Waals surface area contributed by atoms with Gasteiger partial charge in [0.15, 0.2) is 5.89 Å². The fourth-order valence-corrected chi connectivity index (χ4v) is 4.85. The lowest BCUT2D eigenvalue weighted by atomic mass is 10.1. The quantitative estimate of drug-likeness (QED) is 0.782. The van der Waals surface area contributed by atoms with Crippen molar-refractivity contribution in [3.05, 3.63) is 53.2 Å². The Morgan fingerprint density at radius 1 is 1.19 bits per heavy atom. The van der Waals surface area contributed by atoms with Crippen LogP contribution in [0.1, 0.15) is 22.9 Å². The Kier molecular flexibility index (Phi) is 5.08. The van der Waals surface area contributed by atoms with Crippen LogP contribution in [-0.4, -0.2) is 55.9 Å². The molecule has 7 nitrogen and oxygen atoms in total. The van der Waals surface area contributed by atoms with Gasteiger partial charge in [0.1, 0.15) is 5.76 Å². The van der Waals surface area contributed by atoms with E-state index in [4.69, 9.17) is 13.9 Å². The Bertz CT molecular complexity index is 844. The zero-order valence-corrected chi connectivity index (χ0v) is 15.3. The normalized spacial score (nSPS) is 21.5. The molecule has 0 saturated carbocycles. The van der Waals surface area contributed by atoms with E-state index in [9.17, 15) is 8.42 Å². The van der Waals surface area contributed by atoms with Crippen molar-refractivity contribution < 1.29 is 22.3 Å². The predicted molar refractivity (Wildman–Crippen MR) is 94.2 cm³/mol. The number of oxazole rings is 1. The van der Waals surface area contributed by atoms with Crippen LogP contribution in [0.25, 0.3) is 0 Å². The van der Waals surface area contributed by atoms with E-state index >= 15 is 0 Å². The van der Waals surface area contributed by atoms with E-state index in [-0.39, 0.29) is 12.3 Å². The molecular weight excluding hydrogens is 356 g/mol. The highest BCUT2D eigenvalue weighted by Gasteiger charge is 2.33. The zero-order valence-electron chi connectivity index (χ0n) is 14.5. The molecule has 1 atom stereocenters. The molecule has 0 aliphatic carbocycles. The summed E-state index contributed by atoms with van der Waals surface area (Å²) < 4.78 is 43.5. The van der Waals surface area contributed by atoms with Crippen LogP contribution in [0, 0.1) is 0 Å². The fraction of sp³-hybridized carbons (Fsp3) is 0.500. The summed E-state index contributed by atoms with van der Waals surface area (Å²) in [4.78, 5) is 4.53. The molecule has 26 heavy (non-hydrogen) atoms. The number of sulfonamides is 1. The minimum Gasteiger partial charge on any atom is -0.445 e. The van der Waals surface area contributed by atoms with Crippen LogP contribution in [-0.2, 0) is 38.9 Å². The molecule has 2 aliphatic rings. The topological polar surface area (TPSA) is 81.9 Å². The Labute approximate surface area is 153 Å². The number of hydrogen-bond acceptors (Lipinski definition) is 6. The molecule has 1 aromatic heterocycles. The maximum absolute atomic E-state index is 12.7. The molecule has 0 spiro atoms. The highest BCUT2D eigenvalue weighted by molar-refractivity contribution is 7.89. The van der Waals surface area contributed by atoms with Gasteiger partial charge in [0.05, 0.1) is 43.9 Å². The summed E-state index contributed by atoms with van der Waals surface area (Å²) in [6.07, 6.45) is 0.743. The van der Waals surface area contributed by atoms with Crippen molar-refractivity contribution in [2.75, 3.05) is 32.1 Å². The Balaban J connectivity index is 1.43.